The zero-order chi connectivity index (χ0) is 19.7. The highest BCUT2D eigenvalue weighted by atomic mass is 16.5. The summed E-state index contributed by atoms with van der Waals surface area (Å²) in [6.07, 6.45) is 3.47. The van der Waals surface area contributed by atoms with Gasteiger partial charge in [-0.2, -0.15) is 5.10 Å². The van der Waals surface area contributed by atoms with Crippen LogP contribution in [0, 0.1) is 12.3 Å². The molecule has 2 fully saturated rings. The summed E-state index contributed by atoms with van der Waals surface area (Å²) in [4.78, 5) is 17.5. The van der Waals surface area contributed by atoms with Crippen LogP contribution < -0.4 is 4.74 Å². The van der Waals surface area contributed by atoms with Crippen LogP contribution in [0.4, 0.5) is 0 Å². The first-order valence-electron chi connectivity index (χ1n) is 10.1. The van der Waals surface area contributed by atoms with Gasteiger partial charge in [0.05, 0.1) is 7.11 Å². The normalized spacial score (nSPS) is 22.8. The van der Waals surface area contributed by atoms with Crippen LogP contribution in [0.15, 0.2) is 30.3 Å². The van der Waals surface area contributed by atoms with E-state index in [1.807, 2.05) is 31.0 Å². The lowest BCUT2D eigenvalue weighted by atomic mass is 9.79. The zero-order valence-electron chi connectivity index (χ0n) is 17.1. The number of benzene rings is 1. The van der Waals surface area contributed by atoms with Crippen LogP contribution in [0.2, 0.25) is 0 Å². The van der Waals surface area contributed by atoms with Gasteiger partial charge in [0.15, 0.2) is 5.69 Å². The molecule has 4 rings (SSSR count). The van der Waals surface area contributed by atoms with Gasteiger partial charge in [0.2, 0.25) is 0 Å². The Morgan fingerprint density at radius 2 is 2.07 bits per heavy atom. The number of ether oxygens (including phenoxy) is 1. The summed E-state index contributed by atoms with van der Waals surface area (Å²) in [6.45, 7) is 6.76. The average Bonchev–Trinajstić information content (AvgIpc) is 3.25. The third kappa shape index (κ3) is 3.78. The Morgan fingerprint density at radius 1 is 1.21 bits per heavy atom. The number of methoxy groups -OCH3 is 1. The number of hydrogen-bond donors (Lipinski definition) is 0. The van der Waals surface area contributed by atoms with Crippen molar-refractivity contribution in [3.63, 3.8) is 0 Å². The lowest BCUT2D eigenvalue weighted by Crippen LogP contribution is -2.45. The minimum atomic E-state index is 0.0745. The summed E-state index contributed by atoms with van der Waals surface area (Å²) < 4.78 is 7.13. The molecule has 1 aromatic heterocycles. The Morgan fingerprint density at radius 3 is 2.82 bits per heavy atom. The molecule has 2 aliphatic heterocycles. The van der Waals surface area contributed by atoms with E-state index in [4.69, 9.17) is 4.74 Å². The second-order valence-electron chi connectivity index (χ2n) is 8.44. The van der Waals surface area contributed by atoms with Gasteiger partial charge in [-0.05, 0) is 56.5 Å². The van der Waals surface area contributed by atoms with Gasteiger partial charge in [-0.15, -0.1) is 0 Å². The molecule has 6 nitrogen and oxygen atoms in total. The largest absolute Gasteiger partial charge is 0.497 e. The van der Waals surface area contributed by atoms with E-state index >= 15 is 0 Å². The molecule has 1 spiro atoms. The van der Waals surface area contributed by atoms with Crippen molar-refractivity contribution < 1.29 is 9.53 Å². The predicted molar refractivity (Wildman–Crippen MR) is 108 cm³/mol. The van der Waals surface area contributed by atoms with E-state index in [1.54, 1.807) is 11.8 Å². The van der Waals surface area contributed by atoms with Crippen molar-refractivity contribution in [2.45, 2.75) is 32.7 Å². The molecule has 28 heavy (non-hydrogen) atoms. The topological polar surface area (TPSA) is 50.6 Å². The first-order chi connectivity index (χ1) is 13.5. The summed E-state index contributed by atoms with van der Waals surface area (Å²) in [5.74, 6) is 0.984. The fourth-order valence-electron chi connectivity index (χ4n) is 4.74. The van der Waals surface area contributed by atoms with Gasteiger partial charge in [-0.3, -0.25) is 14.4 Å². The molecule has 150 valence electrons. The van der Waals surface area contributed by atoms with Crippen molar-refractivity contribution in [1.82, 2.24) is 19.6 Å². The van der Waals surface area contributed by atoms with Crippen LogP contribution in [-0.2, 0) is 13.6 Å². The molecule has 0 radical (unpaired) electrons. The molecule has 1 amide bonds. The first-order valence-corrected chi connectivity index (χ1v) is 10.1. The highest BCUT2D eigenvalue weighted by Crippen LogP contribution is 2.39. The number of hydrogen-bond acceptors (Lipinski definition) is 4. The van der Waals surface area contributed by atoms with Crippen LogP contribution in [0.25, 0.3) is 0 Å². The number of amides is 1. The van der Waals surface area contributed by atoms with E-state index in [0.717, 1.165) is 50.6 Å². The molecule has 0 saturated carbocycles. The number of aryl methyl sites for hydroxylation is 2. The fraction of sp³-hybridized carbons (Fsp3) is 0.545. The van der Waals surface area contributed by atoms with Gasteiger partial charge >= 0.3 is 0 Å². The summed E-state index contributed by atoms with van der Waals surface area (Å²) in [5, 5.41) is 4.38. The first kappa shape index (κ1) is 19.0. The van der Waals surface area contributed by atoms with Gasteiger partial charge in [-0.1, -0.05) is 12.1 Å². The van der Waals surface area contributed by atoms with E-state index in [9.17, 15) is 4.79 Å². The van der Waals surface area contributed by atoms with Gasteiger partial charge < -0.3 is 9.64 Å². The zero-order valence-corrected chi connectivity index (χ0v) is 17.1. The van der Waals surface area contributed by atoms with Crippen LogP contribution in [0.1, 0.15) is 41.0 Å². The Balaban J connectivity index is 1.41. The molecule has 0 N–H and O–H groups in total. The number of carbonyl (C=O) groups excluding carboxylic acids is 1. The van der Waals surface area contributed by atoms with Crippen molar-refractivity contribution in [2.24, 2.45) is 12.5 Å². The molecule has 0 bridgehead atoms. The molecule has 1 aromatic carbocycles. The van der Waals surface area contributed by atoms with E-state index in [1.165, 1.54) is 18.4 Å². The molecule has 2 aromatic rings. The summed E-state index contributed by atoms with van der Waals surface area (Å²) in [7, 11) is 3.59. The molecule has 1 atom stereocenters. The third-order valence-corrected chi connectivity index (χ3v) is 6.34. The number of rotatable bonds is 4. The Bertz CT molecular complexity index is 842. The van der Waals surface area contributed by atoms with E-state index < -0.39 is 0 Å². The molecule has 3 heterocycles. The maximum atomic E-state index is 12.9. The van der Waals surface area contributed by atoms with Gasteiger partial charge in [0.1, 0.15) is 5.75 Å². The number of piperidine rings is 1. The molecule has 6 heteroatoms. The van der Waals surface area contributed by atoms with Crippen LogP contribution >= 0.6 is 0 Å². The van der Waals surface area contributed by atoms with Crippen molar-refractivity contribution in [1.29, 1.82) is 0 Å². The third-order valence-electron chi connectivity index (χ3n) is 6.34. The van der Waals surface area contributed by atoms with E-state index in [-0.39, 0.29) is 11.3 Å². The van der Waals surface area contributed by atoms with Crippen molar-refractivity contribution >= 4 is 5.91 Å². The minimum absolute atomic E-state index is 0.0745. The average molecular weight is 383 g/mol. The van der Waals surface area contributed by atoms with Crippen molar-refractivity contribution in [3.8, 4) is 5.75 Å². The molecule has 2 aliphatic rings. The second kappa shape index (κ2) is 7.59. The van der Waals surface area contributed by atoms with Crippen LogP contribution in [-0.4, -0.2) is 58.8 Å². The Kier molecular flexibility index (Phi) is 5.15. The quantitative estimate of drug-likeness (QED) is 0.816. The summed E-state index contributed by atoms with van der Waals surface area (Å²) >= 11 is 0. The molecular formula is C22H30N4O2. The lowest BCUT2D eigenvalue weighted by molar-refractivity contribution is 0.0670. The van der Waals surface area contributed by atoms with Crippen LogP contribution in [0.5, 0.6) is 5.75 Å². The molecule has 2 saturated heterocycles. The highest BCUT2D eigenvalue weighted by molar-refractivity contribution is 5.92. The smallest absolute Gasteiger partial charge is 0.274 e. The number of nitrogens with zero attached hydrogens (tertiary/aromatic N) is 4. The SMILES string of the molecule is COc1cccc(CN2CCCC3(CCN(C(=O)c4cc(C)n(C)n4)C3)C2)c1. The Labute approximate surface area is 167 Å². The van der Waals surface area contributed by atoms with Gasteiger partial charge in [0.25, 0.3) is 5.91 Å². The van der Waals surface area contributed by atoms with Crippen molar-refractivity contribution in [3.05, 3.63) is 47.3 Å². The predicted octanol–water partition coefficient (Wildman–Crippen LogP) is 2.87. The number of aromatic nitrogens is 2. The maximum absolute atomic E-state index is 12.9. The van der Waals surface area contributed by atoms with E-state index in [2.05, 4.69) is 28.2 Å². The second-order valence-corrected chi connectivity index (χ2v) is 8.44. The van der Waals surface area contributed by atoms with E-state index in [0.29, 0.717) is 5.69 Å². The Hall–Kier alpha value is -2.34. The summed E-state index contributed by atoms with van der Waals surface area (Å²) in [6, 6.07) is 10.2. The minimum Gasteiger partial charge on any atom is -0.497 e. The van der Waals surface area contributed by atoms with Gasteiger partial charge in [-0.25, -0.2) is 0 Å². The monoisotopic (exact) mass is 382 g/mol. The standard InChI is InChI=1S/C22H30N4O2/c1-17-12-20(23-24(17)2)21(27)26-11-9-22(16-26)8-5-10-25(15-22)14-18-6-4-7-19(13-18)28-3/h4,6-7,12-13H,5,8-11,14-16H2,1-3H3. The highest BCUT2D eigenvalue weighted by Gasteiger charge is 2.43. The summed E-state index contributed by atoms with van der Waals surface area (Å²) in [5.41, 5.74) is 3.09. The molecule has 1 unspecified atom stereocenters. The number of carbonyl (C=O) groups is 1. The van der Waals surface area contributed by atoms with Gasteiger partial charge in [0, 0.05) is 44.3 Å². The van der Waals surface area contributed by atoms with Crippen molar-refractivity contribution in [2.75, 3.05) is 33.3 Å². The molecule has 0 aliphatic carbocycles. The van der Waals surface area contributed by atoms with Crippen LogP contribution in [0.3, 0.4) is 0 Å². The number of likely N-dealkylation sites (tertiary alicyclic amines) is 2. The fourth-order valence-corrected chi connectivity index (χ4v) is 4.74. The maximum Gasteiger partial charge on any atom is 0.274 e. The lowest BCUT2D eigenvalue weighted by Gasteiger charge is -2.40. The molecular weight excluding hydrogens is 352 g/mol.